The number of nitrogens with zero attached hydrogens (tertiary/aromatic N) is 2. The third kappa shape index (κ3) is 4.16. The van der Waals surface area contributed by atoms with Crippen molar-refractivity contribution in [2.24, 2.45) is 0 Å². The number of amides is 1. The summed E-state index contributed by atoms with van der Waals surface area (Å²) in [4.78, 5) is 31.5. The lowest BCUT2D eigenvalue weighted by molar-refractivity contribution is -0.143. The first-order chi connectivity index (χ1) is 11.7. The maximum absolute atomic E-state index is 12.7. The third-order valence-corrected chi connectivity index (χ3v) is 4.06. The molecule has 5 heteroatoms. The van der Waals surface area contributed by atoms with Crippen LogP contribution in [0.1, 0.15) is 50.7 Å². The molecule has 0 aliphatic carbocycles. The van der Waals surface area contributed by atoms with E-state index < -0.39 is 12.1 Å². The predicted octanol–water partition coefficient (Wildman–Crippen LogP) is 3.73. The van der Waals surface area contributed by atoms with Gasteiger partial charge in [-0.3, -0.25) is 9.78 Å². The van der Waals surface area contributed by atoms with Gasteiger partial charge >= 0.3 is 5.97 Å². The Kier molecular flexibility index (Phi) is 5.77. The Bertz CT molecular complexity index is 776. The van der Waals surface area contributed by atoms with Crippen LogP contribution in [0.5, 0.6) is 0 Å². The number of esters is 1. The Morgan fingerprint density at radius 1 is 1.04 bits per heavy atom. The van der Waals surface area contributed by atoms with Gasteiger partial charge in [0.05, 0.1) is 11.1 Å². The SMILES string of the molecule is Cc1cc(C(=O)O[C@H](C)C(=O)N(C(C)C)C(C)C)c2ccccc2n1. The fourth-order valence-electron chi connectivity index (χ4n) is 3.07. The molecule has 1 aromatic carbocycles. The maximum Gasteiger partial charge on any atom is 0.339 e. The van der Waals surface area contributed by atoms with Gasteiger partial charge in [0.1, 0.15) is 0 Å². The molecule has 25 heavy (non-hydrogen) atoms. The van der Waals surface area contributed by atoms with Gasteiger partial charge in [-0.25, -0.2) is 4.79 Å². The van der Waals surface area contributed by atoms with Crippen LogP contribution < -0.4 is 0 Å². The van der Waals surface area contributed by atoms with E-state index >= 15 is 0 Å². The Morgan fingerprint density at radius 3 is 2.24 bits per heavy atom. The molecule has 0 N–H and O–H groups in total. The lowest BCUT2D eigenvalue weighted by Gasteiger charge is -2.32. The molecular formula is C20H26N2O3. The van der Waals surface area contributed by atoms with Crippen LogP contribution in [0, 0.1) is 6.92 Å². The van der Waals surface area contributed by atoms with Crippen LogP contribution in [0.15, 0.2) is 30.3 Å². The minimum absolute atomic E-state index is 0.0395. The van der Waals surface area contributed by atoms with Crippen molar-refractivity contribution in [2.45, 2.75) is 59.7 Å². The number of pyridine rings is 1. The monoisotopic (exact) mass is 342 g/mol. The average Bonchev–Trinajstić information content (AvgIpc) is 2.53. The summed E-state index contributed by atoms with van der Waals surface area (Å²) in [7, 11) is 0. The van der Waals surface area contributed by atoms with E-state index in [1.54, 1.807) is 17.9 Å². The number of carbonyl (C=O) groups is 2. The Hall–Kier alpha value is -2.43. The van der Waals surface area contributed by atoms with E-state index in [2.05, 4.69) is 4.98 Å². The lowest BCUT2D eigenvalue weighted by Crippen LogP contribution is -2.47. The fourth-order valence-corrected chi connectivity index (χ4v) is 3.07. The van der Waals surface area contributed by atoms with E-state index in [9.17, 15) is 9.59 Å². The topological polar surface area (TPSA) is 59.5 Å². The quantitative estimate of drug-likeness (QED) is 0.777. The summed E-state index contributed by atoms with van der Waals surface area (Å²) in [6, 6.07) is 9.19. The molecule has 0 aliphatic heterocycles. The molecule has 0 saturated carbocycles. The second kappa shape index (κ2) is 7.64. The van der Waals surface area contributed by atoms with Crippen LogP contribution in [0.2, 0.25) is 0 Å². The van der Waals surface area contributed by atoms with E-state index in [0.29, 0.717) is 5.56 Å². The van der Waals surface area contributed by atoms with Gasteiger partial charge in [-0.2, -0.15) is 0 Å². The standard InChI is InChI=1S/C20H26N2O3/c1-12(2)22(13(3)4)19(23)15(6)25-20(24)17-11-14(5)21-18-10-8-7-9-16(17)18/h7-13,15H,1-6H3/t15-/m1/s1. The van der Waals surface area contributed by atoms with Crippen molar-refractivity contribution in [1.82, 2.24) is 9.88 Å². The minimum Gasteiger partial charge on any atom is -0.449 e. The number of fused-ring (bicyclic) bond motifs is 1. The van der Waals surface area contributed by atoms with Crippen LogP contribution in [0.3, 0.4) is 0 Å². The normalized spacial score (nSPS) is 12.5. The molecule has 1 amide bonds. The molecule has 1 aromatic heterocycles. The molecule has 0 radical (unpaired) electrons. The van der Waals surface area contributed by atoms with Gasteiger partial charge in [-0.15, -0.1) is 0 Å². The maximum atomic E-state index is 12.7. The zero-order chi connectivity index (χ0) is 18.7. The van der Waals surface area contributed by atoms with Crippen LogP contribution in [0.4, 0.5) is 0 Å². The molecule has 0 fully saturated rings. The van der Waals surface area contributed by atoms with Gasteiger partial charge in [-0.1, -0.05) is 18.2 Å². The molecule has 0 saturated heterocycles. The molecule has 0 spiro atoms. The number of aromatic nitrogens is 1. The second-order valence-electron chi connectivity index (χ2n) is 6.81. The van der Waals surface area contributed by atoms with Gasteiger partial charge in [0.15, 0.2) is 6.10 Å². The second-order valence-corrected chi connectivity index (χ2v) is 6.81. The molecule has 1 atom stereocenters. The van der Waals surface area contributed by atoms with E-state index in [1.165, 1.54) is 0 Å². The summed E-state index contributed by atoms with van der Waals surface area (Å²) in [6.45, 7) is 11.3. The number of rotatable bonds is 5. The van der Waals surface area contributed by atoms with E-state index in [4.69, 9.17) is 4.74 Å². The summed E-state index contributed by atoms with van der Waals surface area (Å²) in [5.41, 5.74) is 1.90. The van der Waals surface area contributed by atoms with Gasteiger partial charge in [0, 0.05) is 23.2 Å². The summed E-state index contributed by atoms with van der Waals surface area (Å²) < 4.78 is 5.48. The molecule has 0 unspecified atom stereocenters. The number of benzene rings is 1. The largest absolute Gasteiger partial charge is 0.449 e. The first kappa shape index (κ1) is 18.9. The Morgan fingerprint density at radius 2 is 1.64 bits per heavy atom. The summed E-state index contributed by atoms with van der Waals surface area (Å²) in [5.74, 6) is -0.691. The van der Waals surface area contributed by atoms with Crippen molar-refractivity contribution in [1.29, 1.82) is 0 Å². The fraction of sp³-hybridized carbons (Fsp3) is 0.450. The molecule has 5 nitrogen and oxygen atoms in total. The molecule has 0 aliphatic rings. The number of ether oxygens (including phenoxy) is 1. The van der Waals surface area contributed by atoms with Crippen molar-refractivity contribution >= 4 is 22.8 Å². The first-order valence-electron chi connectivity index (χ1n) is 8.62. The highest BCUT2D eigenvalue weighted by Crippen LogP contribution is 2.20. The summed E-state index contributed by atoms with van der Waals surface area (Å²) >= 11 is 0. The molecular weight excluding hydrogens is 316 g/mol. The minimum atomic E-state index is -0.843. The molecule has 0 bridgehead atoms. The highest BCUT2D eigenvalue weighted by atomic mass is 16.5. The predicted molar refractivity (Wildman–Crippen MR) is 98.5 cm³/mol. The average molecular weight is 342 g/mol. The van der Waals surface area contributed by atoms with Gasteiger partial charge in [-0.05, 0) is 53.7 Å². The summed E-state index contributed by atoms with van der Waals surface area (Å²) in [5, 5.41) is 0.724. The van der Waals surface area contributed by atoms with Gasteiger partial charge < -0.3 is 9.64 Å². The van der Waals surface area contributed by atoms with Crippen molar-refractivity contribution in [3.63, 3.8) is 0 Å². The summed E-state index contributed by atoms with van der Waals surface area (Å²) in [6.07, 6.45) is -0.843. The molecule has 134 valence electrons. The third-order valence-electron chi connectivity index (χ3n) is 4.06. The first-order valence-corrected chi connectivity index (χ1v) is 8.62. The Balaban J connectivity index is 2.26. The zero-order valence-corrected chi connectivity index (χ0v) is 15.7. The van der Waals surface area contributed by atoms with Crippen LogP contribution in [-0.4, -0.2) is 39.9 Å². The van der Waals surface area contributed by atoms with Crippen molar-refractivity contribution < 1.29 is 14.3 Å². The molecule has 1 heterocycles. The molecule has 2 aromatic rings. The van der Waals surface area contributed by atoms with Crippen molar-refractivity contribution in [3.05, 3.63) is 41.6 Å². The van der Waals surface area contributed by atoms with E-state index in [-0.39, 0.29) is 18.0 Å². The lowest BCUT2D eigenvalue weighted by atomic mass is 10.1. The molecule has 2 rings (SSSR count). The smallest absolute Gasteiger partial charge is 0.339 e. The van der Waals surface area contributed by atoms with Crippen LogP contribution >= 0.6 is 0 Å². The van der Waals surface area contributed by atoms with Crippen molar-refractivity contribution in [2.75, 3.05) is 0 Å². The number of hydrogen-bond donors (Lipinski definition) is 0. The van der Waals surface area contributed by atoms with Gasteiger partial charge in [0.2, 0.25) is 0 Å². The highest BCUT2D eigenvalue weighted by Gasteiger charge is 2.28. The number of aryl methyl sites for hydroxylation is 1. The van der Waals surface area contributed by atoms with Gasteiger partial charge in [0.25, 0.3) is 5.91 Å². The van der Waals surface area contributed by atoms with Crippen molar-refractivity contribution in [3.8, 4) is 0 Å². The van der Waals surface area contributed by atoms with E-state index in [1.807, 2.05) is 58.9 Å². The Labute approximate surface area is 149 Å². The number of carbonyl (C=O) groups excluding carboxylic acids is 2. The number of hydrogen-bond acceptors (Lipinski definition) is 4. The zero-order valence-electron chi connectivity index (χ0n) is 15.7. The van der Waals surface area contributed by atoms with E-state index in [0.717, 1.165) is 16.6 Å². The van der Waals surface area contributed by atoms with Crippen LogP contribution in [0.25, 0.3) is 10.9 Å². The highest BCUT2D eigenvalue weighted by molar-refractivity contribution is 6.04. The number of para-hydroxylation sites is 1. The van der Waals surface area contributed by atoms with Crippen LogP contribution in [-0.2, 0) is 9.53 Å².